The summed E-state index contributed by atoms with van der Waals surface area (Å²) in [6, 6.07) is 0. The maximum atomic E-state index is 10.7. The molecule has 0 spiro atoms. The lowest BCUT2D eigenvalue weighted by Gasteiger charge is -2.32. The van der Waals surface area contributed by atoms with Gasteiger partial charge in [-0.1, -0.05) is 13.8 Å². The Kier molecular flexibility index (Phi) is 2.96. The largest absolute Gasteiger partial charge is 0.481 e. The SMILES string of the molecule is CC1CC[C@](CN)(CC(=O)O)[C@H]1C. The second-order valence-electron chi connectivity index (χ2n) is 4.44. The highest BCUT2D eigenvalue weighted by Gasteiger charge is 2.44. The highest BCUT2D eigenvalue weighted by atomic mass is 16.4. The molecule has 0 heterocycles. The Morgan fingerprint density at radius 1 is 1.62 bits per heavy atom. The third kappa shape index (κ3) is 1.85. The number of hydrogen-bond donors (Lipinski definition) is 2. The van der Waals surface area contributed by atoms with E-state index in [1.807, 2.05) is 0 Å². The lowest BCUT2D eigenvalue weighted by Crippen LogP contribution is -2.36. The van der Waals surface area contributed by atoms with Gasteiger partial charge in [-0.3, -0.25) is 4.79 Å². The van der Waals surface area contributed by atoms with Crippen molar-refractivity contribution in [1.29, 1.82) is 0 Å². The van der Waals surface area contributed by atoms with Crippen LogP contribution in [0.5, 0.6) is 0 Å². The second kappa shape index (κ2) is 3.66. The first-order chi connectivity index (χ1) is 6.02. The summed E-state index contributed by atoms with van der Waals surface area (Å²) in [6.07, 6.45) is 2.32. The molecule has 1 saturated carbocycles. The molecule has 1 aliphatic rings. The maximum Gasteiger partial charge on any atom is 0.303 e. The molecule has 13 heavy (non-hydrogen) atoms. The quantitative estimate of drug-likeness (QED) is 0.700. The topological polar surface area (TPSA) is 63.3 Å². The van der Waals surface area contributed by atoms with Gasteiger partial charge in [-0.2, -0.15) is 0 Å². The molecule has 0 aromatic carbocycles. The Labute approximate surface area is 79.3 Å². The fourth-order valence-electron chi connectivity index (χ4n) is 2.51. The van der Waals surface area contributed by atoms with Crippen molar-refractivity contribution in [2.45, 2.75) is 33.1 Å². The van der Waals surface area contributed by atoms with Crippen LogP contribution in [0.4, 0.5) is 0 Å². The van der Waals surface area contributed by atoms with Crippen LogP contribution >= 0.6 is 0 Å². The smallest absolute Gasteiger partial charge is 0.303 e. The van der Waals surface area contributed by atoms with Gasteiger partial charge in [0.2, 0.25) is 0 Å². The summed E-state index contributed by atoms with van der Waals surface area (Å²) in [5, 5.41) is 8.82. The summed E-state index contributed by atoms with van der Waals surface area (Å²) >= 11 is 0. The number of carboxylic acids is 1. The Bertz CT molecular complexity index is 205. The minimum Gasteiger partial charge on any atom is -0.481 e. The fourth-order valence-corrected chi connectivity index (χ4v) is 2.51. The molecule has 76 valence electrons. The van der Waals surface area contributed by atoms with Gasteiger partial charge in [0.1, 0.15) is 0 Å². The van der Waals surface area contributed by atoms with Crippen LogP contribution in [0.2, 0.25) is 0 Å². The number of aliphatic carboxylic acids is 1. The van der Waals surface area contributed by atoms with Gasteiger partial charge >= 0.3 is 5.97 Å². The lowest BCUT2D eigenvalue weighted by molar-refractivity contribution is -0.140. The normalized spacial score (nSPS) is 39.3. The zero-order chi connectivity index (χ0) is 10.1. The van der Waals surface area contributed by atoms with Crippen LogP contribution in [-0.4, -0.2) is 17.6 Å². The molecule has 0 saturated heterocycles. The zero-order valence-corrected chi connectivity index (χ0v) is 8.42. The number of hydrogen-bond acceptors (Lipinski definition) is 2. The lowest BCUT2D eigenvalue weighted by atomic mass is 9.74. The van der Waals surface area contributed by atoms with E-state index in [1.165, 1.54) is 0 Å². The summed E-state index contributed by atoms with van der Waals surface area (Å²) in [5.74, 6) is 0.336. The number of rotatable bonds is 3. The van der Waals surface area contributed by atoms with Gasteiger partial charge in [0.25, 0.3) is 0 Å². The van der Waals surface area contributed by atoms with Gasteiger partial charge in [0.15, 0.2) is 0 Å². The molecule has 0 aromatic heterocycles. The molecule has 1 fully saturated rings. The summed E-state index contributed by atoms with van der Waals surface area (Å²) in [6.45, 7) is 4.82. The van der Waals surface area contributed by atoms with Crippen LogP contribution in [0.25, 0.3) is 0 Å². The van der Waals surface area contributed by atoms with Gasteiger partial charge < -0.3 is 10.8 Å². The van der Waals surface area contributed by atoms with E-state index in [4.69, 9.17) is 10.8 Å². The second-order valence-corrected chi connectivity index (χ2v) is 4.44. The van der Waals surface area contributed by atoms with Gasteiger partial charge in [0.05, 0.1) is 6.42 Å². The van der Waals surface area contributed by atoms with E-state index in [1.54, 1.807) is 0 Å². The third-order valence-corrected chi connectivity index (χ3v) is 3.83. The molecular formula is C10H19NO2. The van der Waals surface area contributed by atoms with Crippen molar-refractivity contribution in [2.24, 2.45) is 23.0 Å². The molecule has 1 rings (SSSR count). The van der Waals surface area contributed by atoms with Crippen LogP contribution in [0, 0.1) is 17.3 Å². The average molecular weight is 185 g/mol. The first-order valence-corrected chi connectivity index (χ1v) is 4.94. The van der Waals surface area contributed by atoms with E-state index >= 15 is 0 Å². The molecule has 0 amide bonds. The summed E-state index contributed by atoms with van der Waals surface area (Å²) in [4.78, 5) is 10.7. The molecule has 1 unspecified atom stereocenters. The van der Waals surface area contributed by atoms with Crippen molar-refractivity contribution in [2.75, 3.05) is 6.54 Å². The fraction of sp³-hybridized carbons (Fsp3) is 0.900. The number of carboxylic acid groups (broad SMARTS) is 1. The van der Waals surface area contributed by atoms with E-state index in [-0.39, 0.29) is 11.8 Å². The van der Waals surface area contributed by atoms with Crippen molar-refractivity contribution in [1.82, 2.24) is 0 Å². The van der Waals surface area contributed by atoms with Gasteiger partial charge in [-0.05, 0) is 36.6 Å². The Balaban J connectivity index is 2.75. The van der Waals surface area contributed by atoms with Crippen LogP contribution in [0.15, 0.2) is 0 Å². The first kappa shape index (κ1) is 10.5. The maximum absolute atomic E-state index is 10.7. The van der Waals surface area contributed by atoms with Crippen molar-refractivity contribution in [3.05, 3.63) is 0 Å². The van der Waals surface area contributed by atoms with Crippen LogP contribution in [0.1, 0.15) is 33.1 Å². The molecule has 0 aromatic rings. The van der Waals surface area contributed by atoms with E-state index in [0.717, 1.165) is 12.8 Å². The minimum atomic E-state index is -0.716. The van der Waals surface area contributed by atoms with Crippen LogP contribution < -0.4 is 5.73 Å². The monoisotopic (exact) mass is 185 g/mol. The Morgan fingerprint density at radius 2 is 2.23 bits per heavy atom. The molecule has 3 N–H and O–H groups in total. The van der Waals surface area contributed by atoms with Crippen LogP contribution in [0.3, 0.4) is 0 Å². The van der Waals surface area contributed by atoms with Crippen LogP contribution in [-0.2, 0) is 4.79 Å². The molecule has 1 aliphatic carbocycles. The standard InChI is InChI=1S/C10H19NO2/c1-7-3-4-10(6-11,8(7)2)5-9(12)13/h7-8H,3-6,11H2,1-2H3,(H,12,13)/t7?,8-,10+/m0/s1. The van der Waals surface area contributed by atoms with E-state index in [2.05, 4.69) is 13.8 Å². The summed E-state index contributed by atoms with van der Waals surface area (Å²) in [5.41, 5.74) is 5.57. The predicted octanol–water partition coefficient (Wildman–Crippen LogP) is 1.47. The molecule has 0 bridgehead atoms. The Hall–Kier alpha value is -0.570. The van der Waals surface area contributed by atoms with Crippen molar-refractivity contribution < 1.29 is 9.90 Å². The summed E-state index contributed by atoms with van der Waals surface area (Å²) in [7, 11) is 0. The van der Waals surface area contributed by atoms with Crippen molar-refractivity contribution in [3.8, 4) is 0 Å². The van der Waals surface area contributed by atoms with E-state index in [9.17, 15) is 4.79 Å². The Morgan fingerprint density at radius 3 is 2.54 bits per heavy atom. The highest BCUT2D eigenvalue weighted by Crippen LogP contribution is 2.48. The molecule has 3 heteroatoms. The summed E-state index contributed by atoms with van der Waals surface area (Å²) < 4.78 is 0. The van der Waals surface area contributed by atoms with E-state index < -0.39 is 5.97 Å². The molecular weight excluding hydrogens is 166 g/mol. The van der Waals surface area contributed by atoms with Crippen molar-refractivity contribution in [3.63, 3.8) is 0 Å². The molecule has 0 aliphatic heterocycles. The van der Waals surface area contributed by atoms with E-state index in [0.29, 0.717) is 18.4 Å². The average Bonchev–Trinajstić information content (AvgIpc) is 2.33. The number of nitrogens with two attached hydrogens (primary N) is 1. The molecule has 3 atom stereocenters. The predicted molar refractivity (Wildman–Crippen MR) is 51.3 cm³/mol. The number of carbonyl (C=O) groups is 1. The molecule has 0 radical (unpaired) electrons. The highest BCUT2D eigenvalue weighted by molar-refractivity contribution is 5.67. The van der Waals surface area contributed by atoms with Gasteiger partial charge in [0, 0.05) is 0 Å². The minimum absolute atomic E-state index is 0.134. The van der Waals surface area contributed by atoms with Crippen molar-refractivity contribution >= 4 is 5.97 Å². The zero-order valence-electron chi connectivity index (χ0n) is 8.42. The van der Waals surface area contributed by atoms with Gasteiger partial charge in [-0.15, -0.1) is 0 Å². The molecule has 3 nitrogen and oxygen atoms in total. The van der Waals surface area contributed by atoms with Gasteiger partial charge in [-0.25, -0.2) is 0 Å². The third-order valence-electron chi connectivity index (χ3n) is 3.83. The first-order valence-electron chi connectivity index (χ1n) is 4.94.